The molecular weight excluding hydrogens is 246 g/mol. The fraction of sp³-hybridized carbons (Fsp3) is 0.923. The molecule has 0 aromatic rings. The fourth-order valence-corrected chi connectivity index (χ4v) is 2.56. The number of rotatable bonds is 7. The molecule has 0 radical (unpaired) electrons. The van der Waals surface area contributed by atoms with E-state index in [1.165, 1.54) is 19.3 Å². The molecule has 1 N–H and O–H groups in total. The van der Waals surface area contributed by atoms with E-state index in [0.717, 1.165) is 31.2 Å². The van der Waals surface area contributed by atoms with Crippen LogP contribution < -0.4 is 5.32 Å². The fourth-order valence-electron chi connectivity index (χ4n) is 2.39. The zero-order valence-electron chi connectivity index (χ0n) is 12.2. The van der Waals surface area contributed by atoms with E-state index in [4.69, 9.17) is 17.0 Å². The average Bonchev–Trinajstić information content (AvgIpc) is 2.28. The van der Waals surface area contributed by atoms with Gasteiger partial charge in [0.25, 0.3) is 0 Å². The minimum Gasteiger partial charge on any atom is -0.385 e. The lowest BCUT2D eigenvalue weighted by atomic mass is 9.75. The minimum atomic E-state index is 0.326. The topological polar surface area (TPSA) is 27.7 Å². The summed E-state index contributed by atoms with van der Waals surface area (Å²) in [6.45, 7) is 2.67. The van der Waals surface area contributed by atoms with E-state index in [-0.39, 0.29) is 0 Å². The molecule has 0 bridgehead atoms. The van der Waals surface area contributed by atoms with Crippen LogP contribution in [0.1, 0.15) is 25.7 Å². The van der Waals surface area contributed by atoms with Crippen LogP contribution in [0.2, 0.25) is 0 Å². The van der Waals surface area contributed by atoms with Crippen molar-refractivity contribution in [2.45, 2.75) is 31.2 Å². The first-order chi connectivity index (χ1) is 8.52. The summed E-state index contributed by atoms with van der Waals surface area (Å²) < 4.78 is 5.02. The number of nitrogens with one attached hydrogen (secondary N) is 1. The van der Waals surface area contributed by atoms with Crippen LogP contribution in [0.15, 0.2) is 0 Å². The van der Waals surface area contributed by atoms with E-state index < -0.39 is 0 Å². The molecule has 1 saturated carbocycles. The Balaban J connectivity index is 2.30. The summed E-state index contributed by atoms with van der Waals surface area (Å²) in [6, 6.07) is 0. The van der Waals surface area contributed by atoms with Crippen LogP contribution in [0.3, 0.4) is 0 Å². The van der Waals surface area contributed by atoms with Crippen LogP contribution in [-0.4, -0.2) is 68.4 Å². The Morgan fingerprint density at radius 3 is 2.44 bits per heavy atom. The Labute approximate surface area is 117 Å². The van der Waals surface area contributed by atoms with Gasteiger partial charge in [-0.05, 0) is 52.0 Å². The monoisotopic (exact) mass is 273 g/mol. The van der Waals surface area contributed by atoms with Crippen molar-refractivity contribution in [3.05, 3.63) is 0 Å². The van der Waals surface area contributed by atoms with Crippen molar-refractivity contribution in [3.8, 4) is 0 Å². The molecule has 5 heteroatoms. The third-order valence-electron chi connectivity index (χ3n) is 3.91. The summed E-state index contributed by atoms with van der Waals surface area (Å²) >= 11 is 5.41. The number of hydrogen-bond acceptors (Lipinski definition) is 3. The highest BCUT2D eigenvalue weighted by atomic mass is 32.1. The predicted molar refractivity (Wildman–Crippen MR) is 80.0 cm³/mol. The highest BCUT2D eigenvalue weighted by molar-refractivity contribution is 7.80. The van der Waals surface area contributed by atoms with Gasteiger partial charge in [0.15, 0.2) is 5.11 Å². The number of methoxy groups -OCH3 is 1. The second-order valence-electron chi connectivity index (χ2n) is 5.41. The summed E-state index contributed by atoms with van der Waals surface area (Å²) in [5.41, 5.74) is 0.326. The summed E-state index contributed by atoms with van der Waals surface area (Å²) in [5, 5.41) is 4.13. The molecular formula is C13H27N3OS. The van der Waals surface area contributed by atoms with Crippen molar-refractivity contribution in [2.75, 3.05) is 47.9 Å². The Hall–Kier alpha value is -0.390. The Bertz CT molecular complexity index is 267. The van der Waals surface area contributed by atoms with Gasteiger partial charge in [-0.15, -0.1) is 0 Å². The lowest BCUT2D eigenvalue weighted by molar-refractivity contribution is 0.0429. The van der Waals surface area contributed by atoms with Crippen LogP contribution in [0.4, 0.5) is 0 Å². The zero-order valence-corrected chi connectivity index (χ0v) is 13.0. The van der Waals surface area contributed by atoms with Gasteiger partial charge >= 0.3 is 0 Å². The maximum atomic E-state index is 5.41. The lowest BCUT2D eigenvalue weighted by Gasteiger charge is -2.49. The van der Waals surface area contributed by atoms with Gasteiger partial charge in [0.2, 0.25) is 0 Å². The van der Waals surface area contributed by atoms with E-state index >= 15 is 0 Å². The number of hydrogen-bond donors (Lipinski definition) is 1. The Morgan fingerprint density at radius 2 is 2.00 bits per heavy atom. The first kappa shape index (κ1) is 15.7. The normalized spacial score (nSPS) is 17.4. The number of ether oxygens (including phenoxy) is 1. The molecule has 0 unspecified atom stereocenters. The molecule has 18 heavy (non-hydrogen) atoms. The molecule has 0 atom stereocenters. The lowest BCUT2D eigenvalue weighted by Crippen LogP contribution is -2.58. The summed E-state index contributed by atoms with van der Waals surface area (Å²) in [5.74, 6) is 0. The molecule has 0 aromatic heterocycles. The second-order valence-corrected chi connectivity index (χ2v) is 5.79. The minimum absolute atomic E-state index is 0.326. The van der Waals surface area contributed by atoms with E-state index in [1.54, 1.807) is 7.11 Å². The van der Waals surface area contributed by atoms with E-state index in [2.05, 4.69) is 36.3 Å². The summed E-state index contributed by atoms with van der Waals surface area (Å²) in [6.07, 6.45) is 4.87. The van der Waals surface area contributed by atoms with Gasteiger partial charge < -0.3 is 19.9 Å². The van der Waals surface area contributed by atoms with Crippen molar-refractivity contribution in [1.82, 2.24) is 15.1 Å². The maximum absolute atomic E-state index is 5.41. The third kappa shape index (κ3) is 4.07. The van der Waals surface area contributed by atoms with Crippen molar-refractivity contribution in [1.29, 1.82) is 0 Å². The average molecular weight is 273 g/mol. The first-order valence-corrected chi connectivity index (χ1v) is 7.08. The quantitative estimate of drug-likeness (QED) is 0.558. The van der Waals surface area contributed by atoms with Gasteiger partial charge in [0.05, 0.1) is 0 Å². The van der Waals surface area contributed by atoms with Crippen molar-refractivity contribution < 1.29 is 4.74 Å². The van der Waals surface area contributed by atoms with Crippen LogP contribution in [0.5, 0.6) is 0 Å². The van der Waals surface area contributed by atoms with Gasteiger partial charge in [-0.25, -0.2) is 0 Å². The van der Waals surface area contributed by atoms with Gasteiger partial charge in [-0.3, -0.25) is 0 Å². The van der Waals surface area contributed by atoms with Gasteiger partial charge in [0, 0.05) is 39.4 Å². The summed E-state index contributed by atoms with van der Waals surface area (Å²) in [7, 11) is 8.14. The zero-order chi connectivity index (χ0) is 13.6. The highest BCUT2D eigenvalue weighted by Crippen LogP contribution is 2.36. The van der Waals surface area contributed by atoms with E-state index in [0.29, 0.717) is 5.54 Å². The molecule has 0 saturated heterocycles. The second kappa shape index (κ2) is 7.26. The highest BCUT2D eigenvalue weighted by Gasteiger charge is 2.40. The Kier molecular flexibility index (Phi) is 6.32. The van der Waals surface area contributed by atoms with Gasteiger partial charge in [-0.1, -0.05) is 0 Å². The molecule has 1 aliphatic carbocycles. The predicted octanol–water partition coefficient (Wildman–Crippen LogP) is 1.31. The van der Waals surface area contributed by atoms with Crippen LogP contribution >= 0.6 is 12.2 Å². The molecule has 0 amide bonds. The standard InChI is InChI=1S/C13H27N3OS/c1-15(2)13(7-5-8-13)11-16(3)12(18)14-9-6-10-17-4/h5-11H2,1-4H3,(H,14,18). The van der Waals surface area contributed by atoms with Gasteiger partial charge in [-0.2, -0.15) is 0 Å². The smallest absolute Gasteiger partial charge is 0.168 e. The number of likely N-dealkylation sites (N-methyl/N-ethyl adjacent to an activating group) is 2. The summed E-state index contributed by atoms with van der Waals surface area (Å²) in [4.78, 5) is 4.52. The molecule has 1 aliphatic rings. The van der Waals surface area contributed by atoms with E-state index in [1.807, 2.05) is 0 Å². The van der Waals surface area contributed by atoms with Crippen molar-refractivity contribution in [2.24, 2.45) is 0 Å². The molecule has 0 heterocycles. The molecule has 0 aromatic carbocycles. The number of thiocarbonyl (C=S) groups is 1. The molecule has 4 nitrogen and oxygen atoms in total. The molecule has 0 spiro atoms. The largest absolute Gasteiger partial charge is 0.385 e. The number of nitrogens with zero attached hydrogens (tertiary/aromatic N) is 2. The van der Waals surface area contributed by atoms with Gasteiger partial charge in [0.1, 0.15) is 0 Å². The molecule has 1 fully saturated rings. The Morgan fingerprint density at radius 1 is 1.33 bits per heavy atom. The van der Waals surface area contributed by atoms with E-state index in [9.17, 15) is 0 Å². The molecule has 1 rings (SSSR count). The van der Waals surface area contributed by atoms with Crippen molar-refractivity contribution >= 4 is 17.3 Å². The molecule has 106 valence electrons. The third-order valence-corrected chi connectivity index (χ3v) is 4.37. The molecule has 0 aliphatic heterocycles. The van der Waals surface area contributed by atoms with Crippen LogP contribution in [-0.2, 0) is 4.74 Å². The van der Waals surface area contributed by atoms with Crippen molar-refractivity contribution in [3.63, 3.8) is 0 Å². The first-order valence-electron chi connectivity index (χ1n) is 6.67. The van der Waals surface area contributed by atoms with Crippen LogP contribution in [0.25, 0.3) is 0 Å². The SMILES string of the molecule is COCCCNC(=S)N(C)CC1(N(C)C)CCC1. The maximum Gasteiger partial charge on any atom is 0.168 e. The van der Waals surface area contributed by atoms with Crippen LogP contribution in [0, 0.1) is 0 Å².